The van der Waals surface area contributed by atoms with Crippen molar-refractivity contribution in [3.63, 3.8) is 0 Å². The van der Waals surface area contributed by atoms with E-state index in [2.05, 4.69) is 17.0 Å². The number of aromatic nitrogens is 1. The van der Waals surface area contributed by atoms with Gasteiger partial charge in [0, 0.05) is 30.6 Å². The highest BCUT2D eigenvalue weighted by Gasteiger charge is 2.34. The van der Waals surface area contributed by atoms with Gasteiger partial charge in [-0.25, -0.2) is 0 Å². The number of carbonyl (C=O) groups excluding carboxylic acids is 1. The van der Waals surface area contributed by atoms with Crippen molar-refractivity contribution in [2.75, 3.05) is 33.3 Å². The number of hydrogen-bond donors (Lipinski definition) is 0. The molecule has 0 saturated carbocycles. The Labute approximate surface area is 153 Å². The maximum absolute atomic E-state index is 13.0. The molecule has 0 N–H and O–H groups in total. The molecule has 1 aromatic heterocycles. The van der Waals surface area contributed by atoms with E-state index < -0.39 is 0 Å². The van der Waals surface area contributed by atoms with Gasteiger partial charge in [0.1, 0.15) is 17.2 Å². The van der Waals surface area contributed by atoms with Crippen molar-refractivity contribution < 1.29 is 14.1 Å². The third kappa shape index (κ3) is 3.09. The van der Waals surface area contributed by atoms with Gasteiger partial charge in [0.2, 0.25) is 5.91 Å². The van der Waals surface area contributed by atoms with Gasteiger partial charge >= 0.3 is 0 Å². The van der Waals surface area contributed by atoms with E-state index in [4.69, 9.17) is 9.26 Å². The number of fused-ring (bicyclic) bond motifs is 1. The molecule has 6 nitrogen and oxygen atoms in total. The lowest BCUT2D eigenvalue weighted by Gasteiger charge is -2.28. The molecule has 138 valence electrons. The molecular weight excluding hydrogens is 330 g/mol. The van der Waals surface area contributed by atoms with Gasteiger partial charge in [-0.1, -0.05) is 24.2 Å². The number of carbonyl (C=O) groups is 1. The van der Waals surface area contributed by atoms with Gasteiger partial charge in [-0.3, -0.25) is 4.79 Å². The molecule has 1 unspecified atom stereocenters. The Morgan fingerprint density at radius 3 is 3.04 bits per heavy atom. The van der Waals surface area contributed by atoms with Crippen LogP contribution < -0.4 is 4.74 Å². The second-order valence-electron chi connectivity index (χ2n) is 7.05. The number of rotatable bonds is 4. The van der Waals surface area contributed by atoms with E-state index in [-0.39, 0.29) is 11.8 Å². The van der Waals surface area contributed by atoms with Crippen LogP contribution in [0.3, 0.4) is 0 Å². The summed E-state index contributed by atoms with van der Waals surface area (Å²) in [6, 6.07) is 7.80. The molecule has 1 amide bonds. The molecule has 0 spiro atoms. The lowest BCUT2D eigenvalue weighted by atomic mass is 9.99. The molecule has 2 aliphatic rings. The van der Waals surface area contributed by atoms with E-state index in [9.17, 15) is 4.79 Å². The molecule has 4 rings (SSSR count). The lowest BCUT2D eigenvalue weighted by molar-refractivity contribution is -0.136. The van der Waals surface area contributed by atoms with Crippen LogP contribution in [0.5, 0.6) is 5.75 Å². The summed E-state index contributed by atoms with van der Waals surface area (Å²) in [5.41, 5.74) is 2.81. The van der Waals surface area contributed by atoms with Gasteiger partial charge < -0.3 is 19.1 Å². The fraction of sp³-hybridized carbons (Fsp3) is 0.500. The van der Waals surface area contributed by atoms with Crippen molar-refractivity contribution >= 4 is 5.91 Å². The minimum Gasteiger partial charge on any atom is -0.497 e. The van der Waals surface area contributed by atoms with Crippen molar-refractivity contribution in [1.82, 2.24) is 15.0 Å². The van der Waals surface area contributed by atoms with E-state index in [1.165, 1.54) is 0 Å². The summed E-state index contributed by atoms with van der Waals surface area (Å²) in [4.78, 5) is 17.3. The first-order valence-corrected chi connectivity index (χ1v) is 9.32. The zero-order valence-electron chi connectivity index (χ0n) is 15.4. The number of methoxy groups -OCH3 is 1. The Hall–Kier alpha value is -2.34. The topological polar surface area (TPSA) is 58.8 Å². The van der Waals surface area contributed by atoms with Gasteiger partial charge in [-0.2, -0.15) is 0 Å². The molecule has 0 radical (unpaired) electrons. The molecule has 1 aromatic carbocycles. The van der Waals surface area contributed by atoms with Crippen LogP contribution in [0.2, 0.25) is 0 Å². The molecule has 2 aliphatic heterocycles. The largest absolute Gasteiger partial charge is 0.497 e. The van der Waals surface area contributed by atoms with Crippen molar-refractivity contribution in [2.45, 2.75) is 26.3 Å². The molecule has 0 aliphatic carbocycles. The monoisotopic (exact) mass is 355 g/mol. The molecule has 26 heavy (non-hydrogen) atoms. The fourth-order valence-corrected chi connectivity index (χ4v) is 3.97. The molecule has 3 heterocycles. The molecule has 1 fully saturated rings. The summed E-state index contributed by atoms with van der Waals surface area (Å²) in [5, 5.41) is 4.28. The number of likely N-dealkylation sites (tertiary alicyclic amines) is 1. The Bertz CT molecular complexity index is 801. The first-order chi connectivity index (χ1) is 12.7. The predicted octanol–water partition coefficient (Wildman–Crippen LogP) is 2.58. The van der Waals surface area contributed by atoms with Crippen molar-refractivity contribution in [2.24, 2.45) is 5.92 Å². The normalized spacial score (nSPS) is 20.2. The minimum absolute atomic E-state index is 0.122. The predicted molar refractivity (Wildman–Crippen MR) is 97.8 cm³/mol. The number of benzene rings is 1. The molecular formula is C20H25N3O3. The number of ether oxygens (including phenoxy) is 1. The van der Waals surface area contributed by atoms with Gasteiger partial charge in [-0.05, 0) is 31.6 Å². The quantitative estimate of drug-likeness (QED) is 0.844. The van der Waals surface area contributed by atoms with Crippen LogP contribution in [0.15, 0.2) is 28.8 Å². The van der Waals surface area contributed by atoms with Gasteiger partial charge in [0.25, 0.3) is 0 Å². The first kappa shape index (κ1) is 17.1. The number of hydrogen-bond acceptors (Lipinski definition) is 5. The minimum atomic E-state index is 0.122. The van der Waals surface area contributed by atoms with E-state index in [1.54, 1.807) is 7.11 Å². The van der Waals surface area contributed by atoms with Crippen LogP contribution in [0, 0.1) is 5.92 Å². The Kier molecular flexibility index (Phi) is 4.68. The van der Waals surface area contributed by atoms with Crippen molar-refractivity contribution in [1.29, 1.82) is 0 Å². The standard InChI is InChI=1S/C20H25N3O3/c1-3-22-9-7-15(12-22)20(24)23-10-8-18-17(13-23)19(21-26-18)14-5-4-6-16(11-14)25-2/h4-6,11,15H,3,7-10,12-13H2,1-2H3. The number of amides is 1. The third-order valence-electron chi connectivity index (χ3n) is 5.55. The lowest BCUT2D eigenvalue weighted by Crippen LogP contribution is -2.40. The van der Waals surface area contributed by atoms with Gasteiger partial charge in [-0.15, -0.1) is 0 Å². The molecule has 1 atom stereocenters. The van der Waals surface area contributed by atoms with Gasteiger partial charge in [0.05, 0.1) is 19.6 Å². The van der Waals surface area contributed by atoms with E-state index in [0.717, 1.165) is 60.8 Å². The summed E-state index contributed by atoms with van der Waals surface area (Å²) in [6.07, 6.45) is 1.69. The highest BCUT2D eigenvalue weighted by Crippen LogP contribution is 2.32. The van der Waals surface area contributed by atoms with Crippen LogP contribution in [-0.4, -0.2) is 54.2 Å². The van der Waals surface area contributed by atoms with Crippen molar-refractivity contribution in [3.05, 3.63) is 35.6 Å². The summed E-state index contributed by atoms with van der Waals surface area (Å²) < 4.78 is 10.9. The molecule has 6 heteroatoms. The molecule has 0 bridgehead atoms. The van der Waals surface area contributed by atoms with Crippen LogP contribution in [0.1, 0.15) is 24.7 Å². The van der Waals surface area contributed by atoms with Crippen molar-refractivity contribution in [3.8, 4) is 17.0 Å². The molecule has 1 saturated heterocycles. The zero-order chi connectivity index (χ0) is 18.1. The Morgan fingerprint density at radius 2 is 2.27 bits per heavy atom. The van der Waals surface area contributed by atoms with E-state index >= 15 is 0 Å². The smallest absolute Gasteiger partial charge is 0.227 e. The summed E-state index contributed by atoms with van der Waals surface area (Å²) in [6.45, 7) is 6.35. The zero-order valence-corrected chi connectivity index (χ0v) is 15.4. The van der Waals surface area contributed by atoms with Crippen LogP contribution >= 0.6 is 0 Å². The first-order valence-electron chi connectivity index (χ1n) is 9.32. The fourth-order valence-electron chi connectivity index (χ4n) is 3.97. The maximum atomic E-state index is 13.0. The third-order valence-corrected chi connectivity index (χ3v) is 5.55. The van der Waals surface area contributed by atoms with E-state index in [1.807, 2.05) is 29.2 Å². The second kappa shape index (κ2) is 7.11. The van der Waals surface area contributed by atoms with Crippen LogP contribution in [0.25, 0.3) is 11.3 Å². The van der Waals surface area contributed by atoms with Gasteiger partial charge in [0.15, 0.2) is 0 Å². The Morgan fingerprint density at radius 1 is 1.38 bits per heavy atom. The highest BCUT2D eigenvalue weighted by atomic mass is 16.5. The second-order valence-corrected chi connectivity index (χ2v) is 7.05. The van der Waals surface area contributed by atoms with Crippen LogP contribution in [-0.2, 0) is 17.8 Å². The Balaban J connectivity index is 1.55. The summed E-state index contributed by atoms with van der Waals surface area (Å²) in [5.74, 6) is 2.07. The summed E-state index contributed by atoms with van der Waals surface area (Å²) in [7, 11) is 1.65. The average Bonchev–Trinajstić information content (AvgIpc) is 3.34. The SMILES string of the molecule is CCN1CCC(C(=O)N2CCc3onc(-c4cccc(OC)c4)c3C2)C1. The van der Waals surface area contributed by atoms with E-state index in [0.29, 0.717) is 13.1 Å². The van der Waals surface area contributed by atoms with Crippen LogP contribution in [0.4, 0.5) is 0 Å². The average molecular weight is 355 g/mol. The maximum Gasteiger partial charge on any atom is 0.227 e. The highest BCUT2D eigenvalue weighted by molar-refractivity contribution is 5.80. The molecule has 2 aromatic rings. The summed E-state index contributed by atoms with van der Waals surface area (Å²) >= 11 is 0. The number of nitrogens with zero attached hydrogens (tertiary/aromatic N) is 3.